The zero-order valence-corrected chi connectivity index (χ0v) is 15.2. The van der Waals surface area contributed by atoms with Crippen molar-refractivity contribution in [2.24, 2.45) is 5.92 Å². The Balaban J connectivity index is 1.47. The van der Waals surface area contributed by atoms with Gasteiger partial charge >= 0.3 is 0 Å². The molecular weight excluding hydrogens is 322 g/mol. The first-order valence-corrected chi connectivity index (χ1v) is 9.56. The molecule has 0 spiro atoms. The van der Waals surface area contributed by atoms with Crippen molar-refractivity contribution in [3.63, 3.8) is 0 Å². The molecule has 1 aliphatic carbocycles. The van der Waals surface area contributed by atoms with Crippen LogP contribution in [-0.4, -0.2) is 27.5 Å². The van der Waals surface area contributed by atoms with Crippen LogP contribution in [0.25, 0.3) is 0 Å². The first-order valence-electron chi connectivity index (χ1n) is 8.75. The number of hydrogen-bond donors (Lipinski definition) is 0. The van der Waals surface area contributed by atoms with Crippen molar-refractivity contribution in [1.82, 2.24) is 15.0 Å². The van der Waals surface area contributed by atoms with Crippen LogP contribution >= 0.6 is 11.3 Å². The quantitative estimate of drug-likeness (QED) is 0.839. The fourth-order valence-electron chi connectivity index (χ4n) is 3.56. The van der Waals surface area contributed by atoms with Crippen LogP contribution in [0.5, 0.6) is 0 Å². The van der Waals surface area contributed by atoms with E-state index in [0.29, 0.717) is 17.6 Å². The lowest BCUT2D eigenvalue weighted by molar-refractivity contribution is -0.133. The van der Waals surface area contributed by atoms with Crippen LogP contribution in [0.3, 0.4) is 0 Å². The Morgan fingerprint density at radius 3 is 2.92 bits per heavy atom. The summed E-state index contributed by atoms with van der Waals surface area (Å²) in [4.78, 5) is 22.1. The van der Waals surface area contributed by atoms with Crippen molar-refractivity contribution < 1.29 is 9.32 Å². The van der Waals surface area contributed by atoms with E-state index in [1.54, 1.807) is 0 Å². The third-order valence-electron chi connectivity index (χ3n) is 5.02. The Morgan fingerprint density at radius 1 is 1.42 bits per heavy atom. The fraction of sp³-hybridized carbons (Fsp3) is 0.611. The molecule has 0 aromatic carbocycles. The highest BCUT2D eigenvalue weighted by atomic mass is 32.1. The van der Waals surface area contributed by atoms with E-state index >= 15 is 0 Å². The molecule has 2 fully saturated rings. The number of carbonyl (C=O) groups is 1. The van der Waals surface area contributed by atoms with Crippen LogP contribution in [0, 0.1) is 12.8 Å². The highest BCUT2D eigenvalue weighted by Gasteiger charge is 2.49. The summed E-state index contributed by atoms with van der Waals surface area (Å²) in [6.45, 7) is 6.99. The van der Waals surface area contributed by atoms with Gasteiger partial charge in [0.2, 0.25) is 11.8 Å². The molecule has 0 bridgehead atoms. The number of likely N-dealkylation sites (tertiary alicyclic amines) is 1. The predicted octanol–water partition coefficient (Wildman–Crippen LogP) is 4.03. The van der Waals surface area contributed by atoms with Crippen LogP contribution in [0.1, 0.15) is 72.5 Å². The number of aromatic nitrogens is 2. The average Bonchev–Trinajstić information content (AvgIpc) is 2.97. The molecule has 128 valence electrons. The smallest absolute Gasteiger partial charge is 0.229 e. The van der Waals surface area contributed by atoms with E-state index in [1.807, 2.05) is 30.1 Å². The molecule has 6 heteroatoms. The van der Waals surface area contributed by atoms with Gasteiger partial charge in [0.05, 0.1) is 6.04 Å². The van der Waals surface area contributed by atoms with Crippen LogP contribution in [0.4, 0.5) is 0 Å². The predicted molar refractivity (Wildman–Crippen MR) is 92.0 cm³/mol. The van der Waals surface area contributed by atoms with Crippen LogP contribution in [-0.2, 0) is 4.79 Å². The number of hydrogen-bond acceptors (Lipinski definition) is 5. The first kappa shape index (κ1) is 15.8. The monoisotopic (exact) mass is 345 g/mol. The molecule has 0 unspecified atom stereocenters. The summed E-state index contributed by atoms with van der Waals surface area (Å²) in [5.41, 5.74) is 0. The summed E-state index contributed by atoms with van der Waals surface area (Å²) in [6.07, 6.45) is 2.92. The standard InChI is InChI=1S/C18H23N3O2S/c1-10(2)17-19-16(20-23-17)14-5-4-8-21(14)18(22)13-9-12(13)15-7-6-11(3)24-15/h6-7,10,12-14H,4-5,8-9H2,1-3H3/t12-,13-,14-/m1/s1. The Bertz CT molecular complexity index is 751. The number of rotatable bonds is 4. The SMILES string of the molecule is Cc1ccc([C@@H]2C[C@H]2C(=O)N2CCC[C@@H]2c2noc(C(C)C)n2)s1. The molecule has 1 amide bonds. The van der Waals surface area contributed by atoms with Crippen molar-refractivity contribution in [1.29, 1.82) is 0 Å². The maximum Gasteiger partial charge on any atom is 0.229 e. The second kappa shape index (κ2) is 5.99. The van der Waals surface area contributed by atoms with Gasteiger partial charge in [0.1, 0.15) is 0 Å². The van der Waals surface area contributed by atoms with Gasteiger partial charge in [0.25, 0.3) is 0 Å². The molecule has 4 rings (SSSR count). The van der Waals surface area contributed by atoms with Crippen molar-refractivity contribution >= 4 is 17.2 Å². The van der Waals surface area contributed by atoms with Gasteiger partial charge in [-0.2, -0.15) is 4.98 Å². The number of carbonyl (C=O) groups excluding carboxylic acids is 1. The average molecular weight is 345 g/mol. The highest BCUT2D eigenvalue weighted by Crippen LogP contribution is 2.51. The molecule has 1 aliphatic heterocycles. The molecule has 3 atom stereocenters. The zero-order valence-electron chi connectivity index (χ0n) is 14.4. The summed E-state index contributed by atoms with van der Waals surface area (Å²) < 4.78 is 5.34. The van der Waals surface area contributed by atoms with E-state index in [9.17, 15) is 4.79 Å². The van der Waals surface area contributed by atoms with E-state index in [4.69, 9.17) is 4.52 Å². The second-order valence-electron chi connectivity index (χ2n) is 7.23. The maximum atomic E-state index is 13.0. The minimum Gasteiger partial charge on any atom is -0.339 e. The molecule has 2 aliphatic rings. The first-order chi connectivity index (χ1) is 11.5. The number of aryl methyl sites for hydroxylation is 1. The normalized spacial score (nSPS) is 26.3. The van der Waals surface area contributed by atoms with Gasteiger partial charge in [-0.05, 0) is 38.3 Å². The van der Waals surface area contributed by atoms with Crippen LogP contribution in [0.15, 0.2) is 16.7 Å². The van der Waals surface area contributed by atoms with Gasteiger partial charge < -0.3 is 9.42 Å². The third kappa shape index (κ3) is 2.77. The maximum absolute atomic E-state index is 13.0. The lowest BCUT2D eigenvalue weighted by Gasteiger charge is -2.22. The molecule has 24 heavy (non-hydrogen) atoms. The minimum atomic E-state index is -0.0138. The van der Waals surface area contributed by atoms with E-state index < -0.39 is 0 Å². The molecule has 5 nitrogen and oxygen atoms in total. The van der Waals surface area contributed by atoms with Crippen molar-refractivity contribution in [3.05, 3.63) is 33.6 Å². The van der Waals surface area contributed by atoms with Crippen molar-refractivity contribution in [2.45, 2.75) is 57.9 Å². The number of nitrogens with zero attached hydrogens (tertiary/aromatic N) is 3. The van der Waals surface area contributed by atoms with Gasteiger partial charge in [0.15, 0.2) is 5.82 Å². The van der Waals surface area contributed by atoms with Gasteiger partial charge in [0, 0.05) is 34.1 Å². The summed E-state index contributed by atoms with van der Waals surface area (Å²) in [5, 5.41) is 4.13. The molecule has 1 saturated carbocycles. The van der Waals surface area contributed by atoms with E-state index in [1.165, 1.54) is 9.75 Å². The second-order valence-corrected chi connectivity index (χ2v) is 8.55. The van der Waals surface area contributed by atoms with Gasteiger partial charge in [-0.25, -0.2) is 0 Å². The number of amides is 1. The molecular formula is C18H23N3O2S. The highest BCUT2D eigenvalue weighted by molar-refractivity contribution is 7.12. The van der Waals surface area contributed by atoms with Crippen LogP contribution < -0.4 is 0 Å². The summed E-state index contributed by atoms with van der Waals surface area (Å²) in [7, 11) is 0. The summed E-state index contributed by atoms with van der Waals surface area (Å²) >= 11 is 1.82. The molecule has 0 N–H and O–H groups in total. The van der Waals surface area contributed by atoms with E-state index in [-0.39, 0.29) is 23.8 Å². The molecule has 3 heterocycles. The zero-order chi connectivity index (χ0) is 16.8. The largest absolute Gasteiger partial charge is 0.339 e. The Labute approximate surface area is 146 Å². The summed E-state index contributed by atoms with van der Waals surface area (Å²) in [6, 6.07) is 4.30. The Hall–Kier alpha value is -1.69. The molecule has 0 radical (unpaired) electrons. The molecule has 2 aromatic rings. The van der Waals surface area contributed by atoms with Gasteiger partial charge in [-0.15, -0.1) is 11.3 Å². The Kier molecular flexibility index (Phi) is 3.95. The number of thiophene rings is 1. The van der Waals surface area contributed by atoms with E-state index in [0.717, 1.165) is 25.8 Å². The molecule has 1 saturated heterocycles. The van der Waals surface area contributed by atoms with Crippen LogP contribution in [0.2, 0.25) is 0 Å². The minimum absolute atomic E-state index is 0.0138. The Morgan fingerprint density at radius 2 is 2.25 bits per heavy atom. The lowest BCUT2D eigenvalue weighted by atomic mass is 10.2. The fourth-order valence-corrected chi connectivity index (χ4v) is 4.62. The third-order valence-corrected chi connectivity index (χ3v) is 6.15. The van der Waals surface area contributed by atoms with Gasteiger partial charge in [-0.1, -0.05) is 19.0 Å². The van der Waals surface area contributed by atoms with Gasteiger partial charge in [-0.3, -0.25) is 4.79 Å². The van der Waals surface area contributed by atoms with Crippen molar-refractivity contribution in [3.8, 4) is 0 Å². The summed E-state index contributed by atoms with van der Waals surface area (Å²) in [5.74, 6) is 2.36. The van der Waals surface area contributed by atoms with Crippen molar-refractivity contribution in [2.75, 3.05) is 6.54 Å². The van der Waals surface area contributed by atoms with E-state index in [2.05, 4.69) is 29.2 Å². The topological polar surface area (TPSA) is 59.2 Å². The lowest BCUT2D eigenvalue weighted by Crippen LogP contribution is -2.32. The molecule has 2 aromatic heterocycles.